The molecule has 0 aliphatic carbocycles. The summed E-state index contributed by atoms with van der Waals surface area (Å²) in [5.74, 6) is 0.0282. The van der Waals surface area contributed by atoms with Gasteiger partial charge in [-0.2, -0.15) is 0 Å². The van der Waals surface area contributed by atoms with Crippen molar-refractivity contribution in [2.45, 2.75) is 4.90 Å². The molecule has 2 nitrogen and oxygen atoms in total. The van der Waals surface area contributed by atoms with E-state index in [1.807, 2.05) is 0 Å². The monoisotopic (exact) mass is 178 g/mol. The average molecular weight is 178 g/mol. The van der Waals surface area contributed by atoms with Crippen molar-refractivity contribution in [2.75, 3.05) is 7.11 Å². The molecule has 0 saturated carbocycles. The van der Waals surface area contributed by atoms with Crippen LogP contribution in [-0.2, 0) is 4.18 Å². The van der Waals surface area contributed by atoms with E-state index in [1.165, 1.54) is 24.2 Å². The van der Waals surface area contributed by atoms with Crippen LogP contribution in [0.4, 0.5) is 0 Å². The summed E-state index contributed by atoms with van der Waals surface area (Å²) in [6, 6.07) is 6.50. The molecule has 0 fully saturated rings. The van der Waals surface area contributed by atoms with Crippen LogP contribution in [0.5, 0.6) is 5.75 Å². The topological polar surface area (TPSA) is 32.3 Å². The molecule has 0 atom stereocenters. The van der Waals surface area contributed by atoms with Crippen molar-refractivity contribution in [2.24, 2.45) is 0 Å². The molecule has 0 radical (unpaired) electrons. The molecule has 1 rings (SSSR count). The Kier molecular flexibility index (Phi) is 6.09. The molecule has 0 unspecified atom stereocenters. The van der Waals surface area contributed by atoms with Gasteiger partial charge in [0.25, 0.3) is 0 Å². The van der Waals surface area contributed by atoms with E-state index in [0.717, 1.165) is 4.90 Å². The van der Waals surface area contributed by atoms with Crippen molar-refractivity contribution in [1.29, 1.82) is 0 Å². The van der Waals surface area contributed by atoms with E-state index in [0.29, 0.717) is 0 Å². The molecule has 0 spiro atoms. The van der Waals surface area contributed by atoms with Gasteiger partial charge in [-0.1, -0.05) is 12.1 Å². The normalized spacial score (nSPS) is 8.82. The van der Waals surface area contributed by atoms with Crippen LogP contribution in [0.25, 0.3) is 0 Å². The van der Waals surface area contributed by atoms with Crippen molar-refractivity contribution in [3.8, 4) is 5.75 Å². The summed E-state index contributed by atoms with van der Waals surface area (Å²) in [7, 11) is 1.59. The van der Waals surface area contributed by atoms with Crippen molar-refractivity contribution in [3.05, 3.63) is 24.3 Å². The summed E-state index contributed by atoms with van der Waals surface area (Å²) >= 11 is 1.25. The minimum atomic E-state index is 0. The van der Waals surface area contributed by atoms with Crippen LogP contribution < -0.4 is 34.7 Å². The van der Waals surface area contributed by atoms with Crippen molar-refractivity contribution in [3.63, 3.8) is 0 Å². The van der Waals surface area contributed by atoms with Gasteiger partial charge in [-0.05, 0) is 12.1 Å². The fourth-order valence-electron chi connectivity index (χ4n) is 0.591. The zero-order valence-corrected chi connectivity index (χ0v) is 9.35. The first kappa shape index (κ1) is 11.3. The van der Waals surface area contributed by atoms with Crippen molar-refractivity contribution >= 4 is 12.0 Å². The van der Waals surface area contributed by atoms with Crippen LogP contribution in [0.2, 0.25) is 0 Å². The van der Waals surface area contributed by atoms with Gasteiger partial charge < -0.3 is 9.29 Å². The molecular formula is C7H7NaO2S. The average Bonchev–Trinajstić information content (AvgIpc) is 1.95. The van der Waals surface area contributed by atoms with E-state index in [9.17, 15) is 5.11 Å². The van der Waals surface area contributed by atoms with Gasteiger partial charge >= 0.3 is 29.6 Å². The minimum absolute atomic E-state index is 0. The van der Waals surface area contributed by atoms with E-state index < -0.39 is 0 Å². The fraction of sp³-hybridized carbons (Fsp3) is 0.143. The molecule has 0 N–H and O–H groups in total. The molecule has 1 aromatic carbocycles. The summed E-state index contributed by atoms with van der Waals surface area (Å²) in [4.78, 5) is 0.946. The van der Waals surface area contributed by atoms with Crippen LogP contribution in [0, 0.1) is 0 Å². The summed E-state index contributed by atoms with van der Waals surface area (Å²) in [6.07, 6.45) is 0. The summed E-state index contributed by atoms with van der Waals surface area (Å²) in [5.41, 5.74) is 0. The van der Waals surface area contributed by atoms with Crippen LogP contribution in [0.3, 0.4) is 0 Å². The first-order valence-corrected chi connectivity index (χ1v) is 3.55. The Balaban J connectivity index is 0.000001000. The van der Waals surface area contributed by atoms with Gasteiger partial charge in [-0.25, -0.2) is 0 Å². The van der Waals surface area contributed by atoms with E-state index >= 15 is 0 Å². The molecule has 11 heavy (non-hydrogen) atoms. The van der Waals surface area contributed by atoms with Crippen molar-refractivity contribution < 1.29 is 38.8 Å². The molecule has 0 heterocycles. The summed E-state index contributed by atoms with van der Waals surface area (Å²) < 4.78 is 4.78. The van der Waals surface area contributed by atoms with E-state index in [1.54, 1.807) is 19.2 Å². The first-order valence-electron chi connectivity index (χ1n) is 2.80. The maximum absolute atomic E-state index is 10.6. The summed E-state index contributed by atoms with van der Waals surface area (Å²) in [6.45, 7) is 0. The third-order valence-corrected chi connectivity index (χ3v) is 1.63. The Labute approximate surface area is 92.4 Å². The van der Waals surface area contributed by atoms with Crippen molar-refractivity contribution in [1.82, 2.24) is 0 Å². The second kappa shape index (κ2) is 5.91. The van der Waals surface area contributed by atoms with E-state index in [-0.39, 0.29) is 35.3 Å². The standard InChI is InChI=1S/C7H8O2S.Na/c1-9-10-7-4-2-6(8)3-5-7;/h2-5,8H,1H3;/q;+1/p-1. The zero-order valence-electron chi connectivity index (χ0n) is 6.53. The third-order valence-electron chi connectivity index (χ3n) is 1.00. The molecule has 0 aliphatic rings. The first-order chi connectivity index (χ1) is 4.83. The second-order valence-corrected chi connectivity index (χ2v) is 2.69. The second-order valence-electron chi connectivity index (χ2n) is 1.72. The minimum Gasteiger partial charge on any atom is -0.872 e. The van der Waals surface area contributed by atoms with E-state index in [2.05, 4.69) is 0 Å². The van der Waals surface area contributed by atoms with Gasteiger partial charge in [0.15, 0.2) is 0 Å². The number of hydrogen-bond acceptors (Lipinski definition) is 3. The maximum Gasteiger partial charge on any atom is 1.00 e. The Morgan fingerprint density at radius 2 is 1.82 bits per heavy atom. The number of benzene rings is 1. The molecule has 0 aliphatic heterocycles. The van der Waals surface area contributed by atoms with Crippen LogP contribution >= 0.6 is 12.0 Å². The Bertz CT molecular complexity index is 200. The molecular weight excluding hydrogens is 171 g/mol. The summed E-state index contributed by atoms with van der Waals surface area (Å²) in [5, 5.41) is 10.6. The SMILES string of the molecule is COSc1ccc([O-])cc1.[Na+]. The van der Waals surface area contributed by atoms with Gasteiger partial charge in [0, 0.05) is 16.9 Å². The molecule has 0 bridgehead atoms. The van der Waals surface area contributed by atoms with Gasteiger partial charge in [-0.3, -0.25) is 0 Å². The van der Waals surface area contributed by atoms with Gasteiger partial charge in [-0.15, -0.1) is 5.75 Å². The molecule has 54 valence electrons. The molecule has 0 saturated heterocycles. The Hall–Kier alpha value is 0.330. The third kappa shape index (κ3) is 4.03. The largest absolute Gasteiger partial charge is 1.00 e. The predicted molar refractivity (Wildman–Crippen MR) is 38.8 cm³/mol. The Morgan fingerprint density at radius 1 is 1.27 bits per heavy atom. The zero-order chi connectivity index (χ0) is 7.40. The molecule has 1 aromatic rings. The molecule has 0 amide bonds. The Morgan fingerprint density at radius 3 is 2.27 bits per heavy atom. The quantitative estimate of drug-likeness (QED) is 0.404. The predicted octanol–water partition coefficient (Wildman–Crippen LogP) is -1.58. The van der Waals surface area contributed by atoms with Crippen LogP contribution in [0.1, 0.15) is 0 Å². The van der Waals surface area contributed by atoms with E-state index in [4.69, 9.17) is 4.18 Å². The fourth-order valence-corrected chi connectivity index (χ4v) is 1.03. The van der Waals surface area contributed by atoms with Gasteiger partial charge in [0.1, 0.15) is 0 Å². The smallest absolute Gasteiger partial charge is 0.872 e. The molecule has 4 heteroatoms. The number of hydrogen-bond donors (Lipinski definition) is 0. The maximum atomic E-state index is 10.6. The van der Waals surface area contributed by atoms with Gasteiger partial charge in [0.2, 0.25) is 0 Å². The van der Waals surface area contributed by atoms with Crippen LogP contribution in [0.15, 0.2) is 29.2 Å². The van der Waals surface area contributed by atoms with Crippen LogP contribution in [-0.4, -0.2) is 7.11 Å². The van der Waals surface area contributed by atoms with Gasteiger partial charge in [0.05, 0.1) is 7.11 Å². The molecule has 0 aromatic heterocycles. The number of rotatable bonds is 2.